The number of hydrogen-bond acceptors (Lipinski definition) is 3. The van der Waals surface area contributed by atoms with Crippen molar-refractivity contribution in [2.24, 2.45) is 5.41 Å². The van der Waals surface area contributed by atoms with Crippen LogP contribution in [0.25, 0.3) is 5.69 Å². The Balaban J connectivity index is 1.47. The lowest BCUT2D eigenvalue weighted by Crippen LogP contribution is -2.43. The Morgan fingerprint density at radius 3 is 2.54 bits per heavy atom. The summed E-state index contributed by atoms with van der Waals surface area (Å²) in [6.45, 7) is 0.701. The second kappa shape index (κ2) is 7.12. The van der Waals surface area contributed by atoms with Gasteiger partial charge >= 0.3 is 0 Å². The SMILES string of the molecule is O=C(NCC1(Cc2ccccc2)CCC1)c1ccccc1-n1ccnn1. The Hall–Kier alpha value is -2.95. The van der Waals surface area contributed by atoms with E-state index < -0.39 is 0 Å². The molecule has 0 atom stereocenters. The fourth-order valence-corrected chi connectivity index (χ4v) is 3.69. The highest BCUT2D eigenvalue weighted by Gasteiger charge is 2.37. The number of nitrogens with zero attached hydrogens (tertiary/aromatic N) is 3. The number of hydrogen-bond donors (Lipinski definition) is 1. The quantitative estimate of drug-likeness (QED) is 0.744. The van der Waals surface area contributed by atoms with Crippen LogP contribution in [0.5, 0.6) is 0 Å². The first-order chi connectivity index (χ1) is 12.8. The number of nitrogens with one attached hydrogen (secondary N) is 1. The maximum absolute atomic E-state index is 12.8. The van der Waals surface area contributed by atoms with Crippen LogP contribution in [0.3, 0.4) is 0 Å². The summed E-state index contributed by atoms with van der Waals surface area (Å²) in [4.78, 5) is 12.8. The van der Waals surface area contributed by atoms with Gasteiger partial charge in [0.25, 0.3) is 5.91 Å². The Morgan fingerprint density at radius 2 is 1.85 bits per heavy atom. The summed E-state index contributed by atoms with van der Waals surface area (Å²) in [6.07, 6.45) is 7.92. The molecule has 4 rings (SSSR count). The summed E-state index contributed by atoms with van der Waals surface area (Å²) < 4.78 is 1.62. The zero-order valence-corrected chi connectivity index (χ0v) is 14.6. The first kappa shape index (κ1) is 16.5. The van der Waals surface area contributed by atoms with Gasteiger partial charge in [-0.25, -0.2) is 4.68 Å². The van der Waals surface area contributed by atoms with E-state index >= 15 is 0 Å². The minimum atomic E-state index is -0.0598. The van der Waals surface area contributed by atoms with Crippen molar-refractivity contribution in [3.63, 3.8) is 0 Å². The van der Waals surface area contributed by atoms with Crippen LogP contribution in [-0.4, -0.2) is 27.4 Å². The van der Waals surface area contributed by atoms with Crippen molar-refractivity contribution in [1.29, 1.82) is 0 Å². The predicted octanol–water partition coefficient (Wildman–Crippen LogP) is 3.41. The van der Waals surface area contributed by atoms with Gasteiger partial charge in [-0.3, -0.25) is 4.79 Å². The third-order valence-corrected chi connectivity index (χ3v) is 5.28. The average molecular weight is 346 g/mol. The van der Waals surface area contributed by atoms with E-state index in [2.05, 4.69) is 39.9 Å². The molecule has 5 nitrogen and oxygen atoms in total. The van der Waals surface area contributed by atoms with Crippen molar-refractivity contribution in [3.05, 3.63) is 78.1 Å². The number of para-hydroxylation sites is 1. The molecule has 1 saturated carbocycles. The molecule has 0 aliphatic heterocycles. The largest absolute Gasteiger partial charge is 0.351 e. The van der Waals surface area contributed by atoms with Crippen LogP contribution in [-0.2, 0) is 6.42 Å². The zero-order chi connectivity index (χ0) is 17.8. The number of amides is 1. The van der Waals surface area contributed by atoms with Crippen LogP contribution in [0.15, 0.2) is 67.0 Å². The number of carbonyl (C=O) groups excluding carboxylic acids is 1. The van der Waals surface area contributed by atoms with Crippen molar-refractivity contribution >= 4 is 5.91 Å². The first-order valence-electron chi connectivity index (χ1n) is 9.04. The summed E-state index contributed by atoms with van der Waals surface area (Å²) in [5.74, 6) is -0.0598. The van der Waals surface area contributed by atoms with Crippen molar-refractivity contribution in [2.45, 2.75) is 25.7 Å². The fourth-order valence-electron chi connectivity index (χ4n) is 3.69. The minimum Gasteiger partial charge on any atom is -0.351 e. The summed E-state index contributed by atoms with van der Waals surface area (Å²) in [5, 5.41) is 11.0. The molecule has 0 unspecified atom stereocenters. The molecule has 1 aromatic heterocycles. The third kappa shape index (κ3) is 3.38. The highest BCUT2D eigenvalue weighted by atomic mass is 16.1. The van der Waals surface area contributed by atoms with Gasteiger partial charge in [-0.1, -0.05) is 54.1 Å². The molecule has 0 bridgehead atoms. The van der Waals surface area contributed by atoms with E-state index in [0.29, 0.717) is 12.1 Å². The predicted molar refractivity (Wildman–Crippen MR) is 100 cm³/mol. The molecule has 1 heterocycles. The highest BCUT2D eigenvalue weighted by molar-refractivity contribution is 5.97. The second-order valence-corrected chi connectivity index (χ2v) is 7.06. The topological polar surface area (TPSA) is 59.8 Å². The summed E-state index contributed by atoms with van der Waals surface area (Å²) in [7, 11) is 0. The molecular formula is C21H22N4O. The summed E-state index contributed by atoms with van der Waals surface area (Å²) in [6, 6.07) is 18.0. The molecule has 0 radical (unpaired) electrons. The van der Waals surface area contributed by atoms with Gasteiger partial charge in [-0.15, -0.1) is 5.10 Å². The first-order valence-corrected chi connectivity index (χ1v) is 9.04. The van der Waals surface area contributed by atoms with E-state index in [1.54, 1.807) is 17.1 Å². The van der Waals surface area contributed by atoms with Crippen LogP contribution in [0, 0.1) is 5.41 Å². The lowest BCUT2D eigenvalue weighted by molar-refractivity contribution is 0.0859. The molecule has 0 saturated heterocycles. The molecular weight excluding hydrogens is 324 g/mol. The van der Waals surface area contributed by atoms with E-state index in [1.165, 1.54) is 12.0 Å². The van der Waals surface area contributed by atoms with Crippen molar-refractivity contribution in [2.75, 3.05) is 6.54 Å². The van der Waals surface area contributed by atoms with E-state index in [4.69, 9.17) is 0 Å². The molecule has 1 aliphatic rings. The number of benzene rings is 2. The second-order valence-electron chi connectivity index (χ2n) is 7.06. The van der Waals surface area contributed by atoms with E-state index in [1.807, 2.05) is 30.3 Å². The normalized spacial score (nSPS) is 15.2. The molecule has 1 amide bonds. The van der Waals surface area contributed by atoms with Crippen molar-refractivity contribution < 1.29 is 4.79 Å². The number of rotatable bonds is 6. The lowest BCUT2D eigenvalue weighted by atomic mass is 9.65. The van der Waals surface area contributed by atoms with Gasteiger partial charge in [-0.05, 0) is 42.4 Å². The maximum Gasteiger partial charge on any atom is 0.253 e. The van der Waals surface area contributed by atoms with Crippen LogP contribution >= 0.6 is 0 Å². The smallest absolute Gasteiger partial charge is 0.253 e. The van der Waals surface area contributed by atoms with Gasteiger partial charge in [0.1, 0.15) is 0 Å². The summed E-state index contributed by atoms with van der Waals surface area (Å²) >= 11 is 0. The molecule has 1 N–H and O–H groups in total. The summed E-state index contributed by atoms with van der Waals surface area (Å²) in [5.41, 5.74) is 2.88. The molecule has 26 heavy (non-hydrogen) atoms. The van der Waals surface area contributed by atoms with Gasteiger partial charge < -0.3 is 5.32 Å². The van der Waals surface area contributed by atoms with Crippen LogP contribution < -0.4 is 5.32 Å². The fraction of sp³-hybridized carbons (Fsp3) is 0.286. The van der Waals surface area contributed by atoms with Crippen LogP contribution in [0.4, 0.5) is 0 Å². The van der Waals surface area contributed by atoms with E-state index in [0.717, 1.165) is 24.9 Å². The van der Waals surface area contributed by atoms with Crippen LogP contribution in [0.2, 0.25) is 0 Å². The van der Waals surface area contributed by atoms with Crippen molar-refractivity contribution in [1.82, 2.24) is 20.3 Å². The standard InChI is InChI=1S/C21H22N4O/c26-20(18-9-4-5-10-19(18)25-14-13-23-24-25)22-16-21(11-6-12-21)15-17-7-2-1-3-8-17/h1-5,7-10,13-14H,6,11-12,15-16H2,(H,22,26). The molecule has 132 valence electrons. The van der Waals surface area contributed by atoms with Crippen molar-refractivity contribution in [3.8, 4) is 5.69 Å². The lowest BCUT2D eigenvalue weighted by Gasteiger charge is -2.42. The number of carbonyl (C=O) groups is 1. The van der Waals surface area contributed by atoms with Crippen LogP contribution in [0.1, 0.15) is 35.2 Å². The van der Waals surface area contributed by atoms with E-state index in [9.17, 15) is 4.79 Å². The highest BCUT2D eigenvalue weighted by Crippen LogP contribution is 2.43. The Morgan fingerprint density at radius 1 is 1.08 bits per heavy atom. The zero-order valence-electron chi connectivity index (χ0n) is 14.6. The minimum absolute atomic E-state index is 0.0598. The maximum atomic E-state index is 12.8. The molecule has 0 spiro atoms. The Labute approximate surface area is 153 Å². The molecule has 1 aliphatic carbocycles. The third-order valence-electron chi connectivity index (χ3n) is 5.28. The van der Waals surface area contributed by atoms with Gasteiger partial charge in [0, 0.05) is 6.54 Å². The molecule has 3 aromatic rings. The Bertz CT molecular complexity index is 870. The average Bonchev–Trinajstić information content (AvgIpc) is 3.19. The van der Waals surface area contributed by atoms with Gasteiger partial charge in [0.05, 0.1) is 23.6 Å². The molecule has 5 heteroatoms. The van der Waals surface area contributed by atoms with Gasteiger partial charge in [0.2, 0.25) is 0 Å². The number of aromatic nitrogens is 3. The van der Waals surface area contributed by atoms with Gasteiger partial charge in [0.15, 0.2) is 0 Å². The Kier molecular flexibility index (Phi) is 4.52. The van der Waals surface area contributed by atoms with E-state index in [-0.39, 0.29) is 11.3 Å². The van der Waals surface area contributed by atoms with Gasteiger partial charge in [-0.2, -0.15) is 0 Å². The molecule has 2 aromatic carbocycles. The monoisotopic (exact) mass is 346 g/mol. The molecule has 1 fully saturated rings.